The average molecular weight is 429 g/mol. The molecule has 0 bridgehead atoms. The summed E-state index contributed by atoms with van der Waals surface area (Å²) in [6.07, 6.45) is 0. The molecule has 1 aromatic heterocycles. The van der Waals surface area contributed by atoms with Crippen LogP contribution in [-0.2, 0) is 6.54 Å². The summed E-state index contributed by atoms with van der Waals surface area (Å²) in [5.74, 6) is 0.0701. The van der Waals surface area contributed by atoms with Crippen LogP contribution in [-0.4, -0.2) is 14.8 Å². The number of anilines is 1. The zero-order valence-corrected chi connectivity index (χ0v) is 18.6. The number of hydrogen-bond acceptors (Lipinski definition) is 3. The van der Waals surface area contributed by atoms with Gasteiger partial charge in [0.15, 0.2) is 5.69 Å². The Labute approximate surface area is 187 Å². The van der Waals surface area contributed by atoms with Gasteiger partial charge in [-0.25, -0.2) is 0 Å². The van der Waals surface area contributed by atoms with Crippen LogP contribution in [0.2, 0.25) is 0 Å². The van der Waals surface area contributed by atoms with Crippen LogP contribution in [0.4, 0.5) is 11.4 Å². The molecule has 0 radical (unpaired) electrons. The molecule has 0 unspecified atom stereocenters. The van der Waals surface area contributed by atoms with E-state index in [4.69, 9.17) is 12.2 Å². The molecule has 5 nitrogen and oxygen atoms in total. The molecule has 0 aliphatic carbocycles. The molecule has 3 aromatic carbocycles. The zero-order chi connectivity index (χ0) is 22.0. The lowest BCUT2D eigenvalue weighted by atomic mass is 10.1. The number of rotatable bonds is 4. The third-order valence-electron chi connectivity index (χ3n) is 5.05. The first-order chi connectivity index (χ1) is 14.9. The number of para-hydroxylation sites is 1. The van der Waals surface area contributed by atoms with Crippen molar-refractivity contribution < 1.29 is 5.11 Å². The minimum Gasteiger partial charge on any atom is -0.493 e. The summed E-state index contributed by atoms with van der Waals surface area (Å²) in [7, 11) is 0. The van der Waals surface area contributed by atoms with E-state index in [9.17, 15) is 5.11 Å². The van der Waals surface area contributed by atoms with E-state index >= 15 is 0 Å². The van der Waals surface area contributed by atoms with E-state index in [1.54, 1.807) is 0 Å². The summed E-state index contributed by atoms with van der Waals surface area (Å²) in [6, 6.07) is 22.1. The first-order valence-corrected chi connectivity index (χ1v) is 10.5. The van der Waals surface area contributed by atoms with E-state index < -0.39 is 0 Å². The van der Waals surface area contributed by atoms with Gasteiger partial charge in [0, 0.05) is 11.1 Å². The van der Waals surface area contributed by atoms with E-state index in [2.05, 4.69) is 40.7 Å². The zero-order valence-electron chi connectivity index (χ0n) is 17.8. The predicted octanol–water partition coefficient (Wildman–Crippen LogP) is 6.80. The fourth-order valence-corrected chi connectivity index (χ4v) is 3.97. The predicted molar refractivity (Wildman–Crippen MR) is 131 cm³/mol. The van der Waals surface area contributed by atoms with Gasteiger partial charge >= 0.3 is 0 Å². The van der Waals surface area contributed by atoms with Gasteiger partial charge in [0.1, 0.15) is 0 Å². The van der Waals surface area contributed by atoms with Gasteiger partial charge in [-0.15, -0.1) is 10.2 Å². The van der Waals surface area contributed by atoms with Crippen LogP contribution in [0.1, 0.15) is 22.3 Å². The van der Waals surface area contributed by atoms with Gasteiger partial charge in [-0.05, 0) is 67.9 Å². The summed E-state index contributed by atoms with van der Waals surface area (Å²) in [5, 5.41) is 23.6. The minimum atomic E-state index is 0.0701. The minimum absolute atomic E-state index is 0.0701. The molecule has 0 spiro atoms. The van der Waals surface area contributed by atoms with Crippen molar-refractivity contribution in [2.75, 3.05) is 5.32 Å². The summed E-state index contributed by atoms with van der Waals surface area (Å²) < 4.78 is 1.85. The van der Waals surface area contributed by atoms with Gasteiger partial charge in [0.25, 0.3) is 0 Å². The lowest BCUT2D eigenvalue weighted by Crippen LogP contribution is -2.05. The van der Waals surface area contributed by atoms with Gasteiger partial charge in [0.05, 0.1) is 12.1 Å². The topological polar surface area (TPSA) is 61.9 Å². The third-order valence-corrected chi connectivity index (χ3v) is 5.24. The molecule has 0 saturated heterocycles. The van der Waals surface area contributed by atoms with Gasteiger partial charge in [-0.1, -0.05) is 54.1 Å². The highest BCUT2D eigenvalue weighted by Gasteiger charge is 2.16. The summed E-state index contributed by atoms with van der Waals surface area (Å²) in [5.41, 5.74) is 6.73. The van der Waals surface area contributed by atoms with E-state index in [0.717, 1.165) is 33.3 Å². The Kier molecular flexibility index (Phi) is 5.82. The van der Waals surface area contributed by atoms with Gasteiger partial charge in [0.2, 0.25) is 11.0 Å². The molecule has 156 valence electrons. The first-order valence-electron chi connectivity index (χ1n) is 10.1. The van der Waals surface area contributed by atoms with E-state index in [-0.39, 0.29) is 11.0 Å². The fourth-order valence-electron chi connectivity index (χ4n) is 3.81. The van der Waals surface area contributed by atoms with Crippen molar-refractivity contribution in [1.29, 1.82) is 0 Å². The van der Waals surface area contributed by atoms with Crippen LogP contribution in [0, 0.1) is 20.8 Å². The Hall–Kier alpha value is -3.51. The maximum Gasteiger partial charge on any atom is 0.221 e. The van der Waals surface area contributed by atoms with Crippen LogP contribution < -0.4 is 5.32 Å². The molecule has 6 heteroatoms. The molecular weight excluding hydrogens is 404 g/mol. The number of hydrogen-bond donors (Lipinski definition) is 2. The number of aromatic hydroxyl groups is 1. The molecule has 0 aliphatic rings. The third kappa shape index (κ3) is 4.64. The molecular formula is C25H24N4OS. The normalized spacial score (nSPS) is 11.3. The Morgan fingerprint density at radius 1 is 0.935 bits per heavy atom. The first kappa shape index (κ1) is 20.8. The molecule has 4 rings (SSSR count). The Morgan fingerprint density at radius 3 is 2.42 bits per heavy atom. The number of benzene rings is 3. The fraction of sp³-hybridized carbons (Fsp3) is 0.160. The molecule has 0 saturated carbocycles. The second kappa shape index (κ2) is 8.70. The van der Waals surface area contributed by atoms with Crippen LogP contribution in [0.25, 0.3) is 10.9 Å². The second-order valence-electron chi connectivity index (χ2n) is 7.77. The van der Waals surface area contributed by atoms with Crippen LogP contribution in [0.15, 0.2) is 77.0 Å². The molecule has 0 aliphatic heterocycles. The van der Waals surface area contributed by atoms with Crippen molar-refractivity contribution in [3.63, 3.8) is 0 Å². The van der Waals surface area contributed by atoms with Crippen molar-refractivity contribution in [2.45, 2.75) is 27.3 Å². The Morgan fingerprint density at radius 2 is 1.68 bits per heavy atom. The lowest BCUT2D eigenvalue weighted by Gasteiger charge is -2.08. The summed E-state index contributed by atoms with van der Waals surface area (Å²) in [6.45, 7) is 6.66. The number of azo groups is 1. The highest BCUT2D eigenvalue weighted by molar-refractivity contribution is 7.80. The Balaban J connectivity index is 1.64. The van der Waals surface area contributed by atoms with E-state index in [1.807, 2.05) is 66.9 Å². The van der Waals surface area contributed by atoms with E-state index in [0.29, 0.717) is 12.2 Å². The highest BCUT2D eigenvalue weighted by Crippen LogP contribution is 2.39. The smallest absolute Gasteiger partial charge is 0.221 e. The average Bonchev–Trinajstić information content (AvgIpc) is 2.97. The van der Waals surface area contributed by atoms with Gasteiger partial charge < -0.3 is 15.0 Å². The number of nitrogens with one attached hydrogen (secondary N) is 1. The largest absolute Gasteiger partial charge is 0.493 e. The Bertz CT molecular complexity index is 1290. The van der Waals surface area contributed by atoms with Crippen molar-refractivity contribution in [3.8, 4) is 5.88 Å². The summed E-state index contributed by atoms with van der Waals surface area (Å²) in [4.78, 5) is 0. The number of fused-ring (bicyclic) bond motifs is 1. The molecule has 0 fully saturated rings. The molecule has 31 heavy (non-hydrogen) atoms. The van der Waals surface area contributed by atoms with Crippen molar-refractivity contribution in [1.82, 2.24) is 4.57 Å². The maximum atomic E-state index is 11.0. The second-order valence-corrected chi connectivity index (χ2v) is 8.16. The lowest BCUT2D eigenvalue weighted by molar-refractivity contribution is 0.429. The van der Waals surface area contributed by atoms with Gasteiger partial charge in [-0.2, -0.15) is 0 Å². The monoisotopic (exact) mass is 428 g/mol. The van der Waals surface area contributed by atoms with Crippen molar-refractivity contribution in [2.24, 2.45) is 10.2 Å². The standard InChI is InChI=1S/C25H24N4OS/c1-16-7-6-8-19(12-16)15-29-22-10-5-4-9-21(22)23(24(29)30)27-28-25(31)26-20-13-17(2)11-18(3)14-20/h4-14,30H,15H2,1-3H3,(H,26,31). The quantitative estimate of drug-likeness (QED) is 0.277. The number of thiocarbonyl (C=S) groups is 1. The number of aromatic nitrogens is 1. The van der Waals surface area contributed by atoms with Gasteiger partial charge in [-0.3, -0.25) is 0 Å². The van der Waals surface area contributed by atoms with Crippen LogP contribution >= 0.6 is 12.2 Å². The summed E-state index contributed by atoms with van der Waals surface area (Å²) >= 11 is 5.35. The van der Waals surface area contributed by atoms with Crippen molar-refractivity contribution in [3.05, 3.63) is 89.0 Å². The molecule has 0 amide bonds. The number of nitrogens with zero attached hydrogens (tertiary/aromatic N) is 3. The molecule has 1 heterocycles. The van der Waals surface area contributed by atoms with Crippen LogP contribution in [0.5, 0.6) is 5.88 Å². The SMILES string of the molecule is Cc1cccc(Cn2c(O)c(N=NC(=S)Nc3cc(C)cc(C)c3)c3ccccc32)c1. The highest BCUT2D eigenvalue weighted by atomic mass is 32.1. The maximum absolute atomic E-state index is 11.0. The molecule has 2 N–H and O–H groups in total. The van der Waals surface area contributed by atoms with E-state index in [1.165, 1.54) is 5.56 Å². The number of aryl methyl sites for hydroxylation is 3. The van der Waals surface area contributed by atoms with Crippen LogP contribution in [0.3, 0.4) is 0 Å². The van der Waals surface area contributed by atoms with Crippen molar-refractivity contribution >= 4 is 39.6 Å². The molecule has 4 aromatic rings. The molecule has 0 atom stereocenters.